The van der Waals surface area contributed by atoms with Gasteiger partial charge in [0.25, 0.3) is 0 Å². The number of rotatable bonds is 2. The number of hydrogen-bond donors (Lipinski definition) is 2. The topological polar surface area (TPSA) is 46.2 Å². The van der Waals surface area contributed by atoms with E-state index in [0.717, 1.165) is 12.0 Å². The molecule has 3 N–H and O–H groups in total. The van der Waals surface area contributed by atoms with Crippen LogP contribution in [-0.2, 0) is 6.42 Å². The summed E-state index contributed by atoms with van der Waals surface area (Å²) >= 11 is 0. The molecule has 74 valence electrons. The van der Waals surface area contributed by atoms with Gasteiger partial charge in [-0.3, -0.25) is 0 Å². The minimum Gasteiger partial charge on any atom is -0.398 e. The number of anilines is 1. The summed E-state index contributed by atoms with van der Waals surface area (Å²) in [5.74, 6) is 5.82. The summed E-state index contributed by atoms with van der Waals surface area (Å²) in [5.41, 5.74) is 8.55. The van der Waals surface area contributed by atoms with E-state index in [-0.39, 0.29) is 6.61 Å². The average Bonchev–Trinajstić information content (AvgIpc) is 2.21. The highest BCUT2D eigenvalue weighted by molar-refractivity contribution is 5.57. The molecule has 0 heterocycles. The van der Waals surface area contributed by atoms with Gasteiger partial charge >= 0.3 is 0 Å². The van der Waals surface area contributed by atoms with E-state index in [4.69, 9.17) is 10.8 Å². The number of aliphatic hydroxyl groups excluding tert-OH is 1. The van der Waals surface area contributed by atoms with E-state index in [1.54, 1.807) is 0 Å². The highest BCUT2D eigenvalue weighted by Gasteiger charge is 1.96. The van der Waals surface area contributed by atoms with E-state index in [0.29, 0.717) is 12.1 Å². The third-order valence-electron chi connectivity index (χ3n) is 1.99. The van der Waals surface area contributed by atoms with Crippen molar-refractivity contribution in [2.75, 3.05) is 12.3 Å². The fraction of sp³-hybridized carbons (Fsp3) is 0.333. The Labute approximate surface area is 84.8 Å². The molecule has 0 aliphatic rings. The van der Waals surface area contributed by atoms with Crippen molar-refractivity contribution in [2.24, 2.45) is 0 Å². The summed E-state index contributed by atoms with van der Waals surface area (Å²) < 4.78 is 0. The minimum atomic E-state index is 0.0976. The van der Waals surface area contributed by atoms with Crippen molar-refractivity contribution in [3.05, 3.63) is 29.3 Å². The predicted octanol–water partition coefficient (Wildman–Crippen LogP) is 1.57. The zero-order valence-electron chi connectivity index (χ0n) is 8.38. The molecule has 0 aromatic heterocycles. The average molecular weight is 189 g/mol. The van der Waals surface area contributed by atoms with Crippen LogP contribution in [0, 0.1) is 11.8 Å². The maximum Gasteiger partial charge on any atom is 0.0540 e. The summed E-state index contributed by atoms with van der Waals surface area (Å²) in [5, 5.41) is 8.58. The zero-order chi connectivity index (χ0) is 10.4. The second kappa shape index (κ2) is 5.31. The Morgan fingerprint density at radius 3 is 2.86 bits per heavy atom. The molecule has 0 atom stereocenters. The Hall–Kier alpha value is -1.46. The van der Waals surface area contributed by atoms with Gasteiger partial charge < -0.3 is 10.8 Å². The molecule has 0 saturated carbocycles. The first kappa shape index (κ1) is 10.6. The van der Waals surface area contributed by atoms with Crippen LogP contribution < -0.4 is 5.73 Å². The molecule has 0 aliphatic carbocycles. The molecule has 0 radical (unpaired) electrons. The second-order valence-electron chi connectivity index (χ2n) is 3.05. The standard InChI is InChI=1S/C12H15NO/c1-2-10-6-7-12(13)11(9-10)5-3-4-8-14/h6-7,9,14H,2,4,8,13H2,1H3. The Kier molecular flexibility index (Phi) is 4.03. The van der Waals surface area contributed by atoms with E-state index in [2.05, 4.69) is 18.8 Å². The van der Waals surface area contributed by atoms with Crippen LogP contribution in [0.25, 0.3) is 0 Å². The lowest BCUT2D eigenvalue weighted by Gasteiger charge is -2.01. The lowest BCUT2D eigenvalue weighted by atomic mass is 10.1. The van der Waals surface area contributed by atoms with Crippen LogP contribution in [0.3, 0.4) is 0 Å². The third kappa shape index (κ3) is 2.79. The van der Waals surface area contributed by atoms with Gasteiger partial charge in [0.2, 0.25) is 0 Å². The summed E-state index contributed by atoms with van der Waals surface area (Å²) in [6, 6.07) is 5.88. The first-order chi connectivity index (χ1) is 6.77. The van der Waals surface area contributed by atoms with Gasteiger partial charge in [-0.2, -0.15) is 0 Å². The molecule has 0 amide bonds. The summed E-state index contributed by atoms with van der Waals surface area (Å²) in [6.45, 7) is 2.19. The number of benzene rings is 1. The molecule has 0 spiro atoms. The van der Waals surface area contributed by atoms with Crippen molar-refractivity contribution in [2.45, 2.75) is 19.8 Å². The van der Waals surface area contributed by atoms with Crippen LogP contribution in [0.15, 0.2) is 18.2 Å². The minimum absolute atomic E-state index is 0.0976. The molecule has 0 saturated heterocycles. The number of aliphatic hydroxyl groups is 1. The van der Waals surface area contributed by atoms with Crippen molar-refractivity contribution in [3.8, 4) is 11.8 Å². The SMILES string of the molecule is CCc1ccc(N)c(C#CCCO)c1. The van der Waals surface area contributed by atoms with E-state index < -0.39 is 0 Å². The van der Waals surface area contributed by atoms with Crippen LogP contribution in [-0.4, -0.2) is 11.7 Å². The third-order valence-corrected chi connectivity index (χ3v) is 1.99. The van der Waals surface area contributed by atoms with Crippen LogP contribution in [0.4, 0.5) is 5.69 Å². The second-order valence-corrected chi connectivity index (χ2v) is 3.05. The fourth-order valence-electron chi connectivity index (χ4n) is 1.15. The van der Waals surface area contributed by atoms with Crippen LogP contribution in [0.1, 0.15) is 24.5 Å². The van der Waals surface area contributed by atoms with Gasteiger partial charge in [0.15, 0.2) is 0 Å². The largest absolute Gasteiger partial charge is 0.398 e. The summed E-state index contributed by atoms with van der Waals surface area (Å²) in [4.78, 5) is 0. The summed E-state index contributed by atoms with van der Waals surface area (Å²) in [6.07, 6.45) is 1.48. The monoisotopic (exact) mass is 189 g/mol. The van der Waals surface area contributed by atoms with Crippen LogP contribution in [0.2, 0.25) is 0 Å². The molecule has 2 nitrogen and oxygen atoms in total. The first-order valence-corrected chi connectivity index (χ1v) is 4.76. The van der Waals surface area contributed by atoms with Gasteiger partial charge in [-0.25, -0.2) is 0 Å². The van der Waals surface area contributed by atoms with Gasteiger partial charge in [-0.15, -0.1) is 0 Å². The normalized spacial score (nSPS) is 9.29. The highest BCUT2D eigenvalue weighted by atomic mass is 16.2. The number of nitrogens with two attached hydrogens (primary N) is 1. The molecule has 2 heteroatoms. The molecule has 1 rings (SSSR count). The van der Waals surface area contributed by atoms with Gasteiger partial charge in [0.05, 0.1) is 6.61 Å². The van der Waals surface area contributed by atoms with Crippen molar-refractivity contribution in [1.82, 2.24) is 0 Å². The zero-order valence-corrected chi connectivity index (χ0v) is 8.38. The molecular weight excluding hydrogens is 174 g/mol. The molecule has 1 aromatic carbocycles. The van der Waals surface area contributed by atoms with Crippen LogP contribution in [0.5, 0.6) is 0 Å². The molecular formula is C12H15NO. The Balaban J connectivity index is 2.91. The van der Waals surface area contributed by atoms with E-state index in [9.17, 15) is 0 Å². The predicted molar refractivity (Wildman–Crippen MR) is 58.8 cm³/mol. The van der Waals surface area contributed by atoms with Crippen molar-refractivity contribution >= 4 is 5.69 Å². The molecule has 0 unspecified atom stereocenters. The number of hydrogen-bond acceptors (Lipinski definition) is 2. The Morgan fingerprint density at radius 1 is 1.43 bits per heavy atom. The Morgan fingerprint density at radius 2 is 2.21 bits per heavy atom. The van der Waals surface area contributed by atoms with Gasteiger partial charge in [0.1, 0.15) is 0 Å². The lowest BCUT2D eigenvalue weighted by molar-refractivity contribution is 0.305. The van der Waals surface area contributed by atoms with E-state index in [1.807, 2.05) is 18.2 Å². The smallest absolute Gasteiger partial charge is 0.0540 e. The van der Waals surface area contributed by atoms with Gasteiger partial charge in [-0.05, 0) is 24.1 Å². The lowest BCUT2D eigenvalue weighted by Crippen LogP contribution is -1.92. The van der Waals surface area contributed by atoms with E-state index in [1.165, 1.54) is 5.56 Å². The van der Waals surface area contributed by atoms with Crippen LogP contribution >= 0.6 is 0 Å². The van der Waals surface area contributed by atoms with E-state index >= 15 is 0 Å². The number of aryl methyl sites for hydroxylation is 1. The molecule has 0 bridgehead atoms. The quantitative estimate of drug-likeness (QED) is 0.548. The maximum atomic E-state index is 8.58. The van der Waals surface area contributed by atoms with Crippen molar-refractivity contribution in [3.63, 3.8) is 0 Å². The molecule has 14 heavy (non-hydrogen) atoms. The first-order valence-electron chi connectivity index (χ1n) is 4.76. The van der Waals surface area contributed by atoms with Gasteiger partial charge in [-0.1, -0.05) is 24.8 Å². The highest BCUT2D eigenvalue weighted by Crippen LogP contribution is 2.13. The van der Waals surface area contributed by atoms with Crippen molar-refractivity contribution in [1.29, 1.82) is 0 Å². The van der Waals surface area contributed by atoms with Gasteiger partial charge in [0, 0.05) is 17.7 Å². The fourth-order valence-corrected chi connectivity index (χ4v) is 1.15. The molecule has 0 aliphatic heterocycles. The molecule has 0 fully saturated rings. The maximum absolute atomic E-state index is 8.58. The summed E-state index contributed by atoms with van der Waals surface area (Å²) in [7, 11) is 0. The van der Waals surface area contributed by atoms with Crippen molar-refractivity contribution < 1.29 is 5.11 Å². The number of nitrogen functional groups attached to an aromatic ring is 1. The Bertz CT molecular complexity index is 360. The molecule has 1 aromatic rings.